The van der Waals surface area contributed by atoms with Crippen molar-refractivity contribution in [2.75, 3.05) is 30.3 Å². The second-order valence-electron chi connectivity index (χ2n) is 7.54. The number of nitrogens with zero attached hydrogens (tertiary/aromatic N) is 1. The smallest absolute Gasteiger partial charge is 0.240 e. The number of hydrogen-bond acceptors (Lipinski definition) is 4. The van der Waals surface area contributed by atoms with Gasteiger partial charge in [0, 0.05) is 0 Å². The van der Waals surface area contributed by atoms with Crippen LogP contribution in [0.1, 0.15) is 27.8 Å². The Morgan fingerprint density at radius 1 is 0.931 bits per heavy atom. The highest BCUT2D eigenvalue weighted by atomic mass is 32.2. The van der Waals surface area contributed by atoms with Gasteiger partial charge in [-0.25, -0.2) is 8.42 Å². The fourth-order valence-electron chi connectivity index (χ4n) is 3.49. The van der Waals surface area contributed by atoms with Crippen molar-refractivity contribution in [3.63, 3.8) is 0 Å². The van der Waals surface area contributed by atoms with Crippen molar-refractivity contribution in [1.82, 2.24) is 5.32 Å². The zero-order chi connectivity index (χ0) is 21.8. The van der Waals surface area contributed by atoms with Gasteiger partial charge in [0.15, 0.2) is 0 Å². The quantitative estimate of drug-likeness (QED) is 0.668. The van der Waals surface area contributed by atoms with Gasteiger partial charge < -0.3 is 10.1 Å². The molecule has 0 atom stereocenters. The summed E-state index contributed by atoms with van der Waals surface area (Å²) in [6, 6.07) is 9.75. The number of rotatable bonds is 8. The van der Waals surface area contributed by atoms with Crippen molar-refractivity contribution in [1.29, 1.82) is 0 Å². The van der Waals surface area contributed by atoms with Crippen LogP contribution in [0.2, 0.25) is 0 Å². The number of ether oxygens (including phenoxy) is 1. The molecule has 0 saturated heterocycles. The molecule has 29 heavy (non-hydrogen) atoms. The third-order valence-corrected chi connectivity index (χ3v) is 5.57. The average molecular weight is 419 g/mol. The van der Waals surface area contributed by atoms with E-state index >= 15 is 0 Å². The van der Waals surface area contributed by atoms with E-state index in [0.717, 1.165) is 44.1 Å². The summed E-state index contributed by atoms with van der Waals surface area (Å²) in [5, 5.41) is 2.73. The molecule has 158 valence electrons. The Bertz CT molecular complexity index is 957. The molecule has 2 aromatic rings. The Hall–Kier alpha value is -2.54. The van der Waals surface area contributed by atoms with Gasteiger partial charge in [0.2, 0.25) is 15.9 Å². The van der Waals surface area contributed by atoms with Gasteiger partial charge in [0.05, 0.1) is 18.5 Å². The van der Waals surface area contributed by atoms with Gasteiger partial charge in [-0.2, -0.15) is 0 Å². The van der Waals surface area contributed by atoms with E-state index in [1.54, 1.807) is 0 Å². The standard InChI is InChI=1S/C22H30N2O4S/c1-15-9-16(2)13-20(12-15)28-8-7-23-21(25)14-24(29(6,26)27)22-18(4)10-17(3)11-19(22)5/h9-13H,7-8,14H2,1-6H3,(H,23,25). The first-order chi connectivity index (χ1) is 13.5. The number of carbonyl (C=O) groups excluding carboxylic acids is 1. The van der Waals surface area contributed by atoms with Crippen LogP contribution in [0.15, 0.2) is 30.3 Å². The lowest BCUT2D eigenvalue weighted by molar-refractivity contribution is -0.119. The number of carbonyl (C=O) groups is 1. The number of sulfonamides is 1. The van der Waals surface area contributed by atoms with Gasteiger partial charge in [-0.05, 0) is 69.0 Å². The van der Waals surface area contributed by atoms with Crippen molar-refractivity contribution >= 4 is 21.6 Å². The predicted octanol–water partition coefficient (Wildman–Crippen LogP) is 3.19. The molecule has 0 heterocycles. The Kier molecular flexibility index (Phi) is 7.30. The van der Waals surface area contributed by atoms with Crippen LogP contribution in [-0.4, -0.2) is 40.3 Å². The molecule has 0 aliphatic heterocycles. The summed E-state index contributed by atoms with van der Waals surface area (Å²) >= 11 is 0. The van der Waals surface area contributed by atoms with E-state index in [1.165, 1.54) is 0 Å². The highest BCUT2D eigenvalue weighted by Gasteiger charge is 2.24. The predicted molar refractivity (Wildman–Crippen MR) is 117 cm³/mol. The Labute approximate surface area is 173 Å². The van der Waals surface area contributed by atoms with E-state index in [-0.39, 0.29) is 19.0 Å². The van der Waals surface area contributed by atoms with Crippen molar-refractivity contribution in [3.05, 3.63) is 58.1 Å². The number of benzene rings is 2. The monoisotopic (exact) mass is 418 g/mol. The van der Waals surface area contributed by atoms with Gasteiger partial charge in [-0.15, -0.1) is 0 Å². The summed E-state index contributed by atoms with van der Waals surface area (Å²) in [7, 11) is -3.61. The molecule has 0 bridgehead atoms. The van der Waals surface area contributed by atoms with Crippen LogP contribution in [0.3, 0.4) is 0 Å². The summed E-state index contributed by atoms with van der Waals surface area (Å²) in [5.41, 5.74) is 5.45. The molecule has 1 N–H and O–H groups in total. The Morgan fingerprint density at radius 3 is 1.97 bits per heavy atom. The highest BCUT2D eigenvalue weighted by Crippen LogP contribution is 2.28. The lowest BCUT2D eigenvalue weighted by atomic mass is 10.1. The minimum absolute atomic E-state index is 0.271. The number of amides is 1. The molecule has 0 aliphatic carbocycles. The average Bonchev–Trinajstić information content (AvgIpc) is 2.55. The normalized spacial score (nSPS) is 11.2. The minimum atomic E-state index is -3.61. The molecule has 0 fully saturated rings. The molecule has 0 aliphatic rings. The summed E-state index contributed by atoms with van der Waals surface area (Å²) in [4.78, 5) is 12.4. The molecule has 0 saturated carbocycles. The molecule has 7 heteroatoms. The maximum atomic E-state index is 12.4. The van der Waals surface area contributed by atoms with Crippen molar-refractivity contribution < 1.29 is 17.9 Å². The van der Waals surface area contributed by atoms with Gasteiger partial charge in [-0.1, -0.05) is 23.8 Å². The summed E-state index contributed by atoms with van der Waals surface area (Å²) in [5.74, 6) is 0.374. The van der Waals surface area contributed by atoms with Crippen LogP contribution in [-0.2, 0) is 14.8 Å². The largest absolute Gasteiger partial charge is 0.492 e. The topological polar surface area (TPSA) is 75.7 Å². The maximum Gasteiger partial charge on any atom is 0.240 e. The molecular formula is C22H30N2O4S. The maximum absolute atomic E-state index is 12.4. The van der Waals surface area contributed by atoms with Crippen LogP contribution in [0.5, 0.6) is 5.75 Å². The zero-order valence-electron chi connectivity index (χ0n) is 18.0. The number of hydrogen-bond donors (Lipinski definition) is 1. The van der Waals surface area contributed by atoms with Crippen LogP contribution in [0.25, 0.3) is 0 Å². The zero-order valence-corrected chi connectivity index (χ0v) is 18.8. The highest BCUT2D eigenvalue weighted by molar-refractivity contribution is 7.92. The van der Waals surface area contributed by atoms with Gasteiger partial charge in [0.25, 0.3) is 0 Å². The fourth-order valence-corrected chi connectivity index (χ4v) is 4.46. The lowest BCUT2D eigenvalue weighted by Crippen LogP contribution is -2.42. The molecule has 2 rings (SSSR count). The van der Waals surface area contributed by atoms with Crippen molar-refractivity contribution in [2.45, 2.75) is 34.6 Å². The van der Waals surface area contributed by atoms with E-state index in [0.29, 0.717) is 12.3 Å². The third kappa shape index (κ3) is 6.49. The number of aryl methyl sites for hydroxylation is 5. The van der Waals surface area contributed by atoms with Crippen LogP contribution in [0.4, 0.5) is 5.69 Å². The van der Waals surface area contributed by atoms with E-state index in [2.05, 4.69) is 11.4 Å². The second kappa shape index (κ2) is 9.31. The SMILES string of the molecule is Cc1cc(C)cc(OCCNC(=O)CN(c2c(C)cc(C)cc2C)S(C)(=O)=O)c1. The van der Waals surface area contributed by atoms with Crippen LogP contribution < -0.4 is 14.4 Å². The number of nitrogens with one attached hydrogen (secondary N) is 1. The first-order valence-corrected chi connectivity index (χ1v) is 11.4. The molecular weight excluding hydrogens is 388 g/mol. The van der Waals surface area contributed by atoms with Crippen LogP contribution in [0, 0.1) is 34.6 Å². The summed E-state index contributed by atoms with van der Waals surface area (Å²) in [6.07, 6.45) is 1.11. The fraction of sp³-hybridized carbons (Fsp3) is 0.409. The van der Waals surface area contributed by atoms with Gasteiger partial charge >= 0.3 is 0 Å². The molecule has 1 amide bonds. The van der Waals surface area contributed by atoms with Gasteiger partial charge in [-0.3, -0.25) is 9.10 Å². The first-order valence-electron chi connectivity index (χ1n) is 9.50. The van der Waals surface area contributed by atoms with E-state index < -0.39 is 10.0 Å². The van der Waals surface area contributed by atoms with Gasteiger partial charge in [0.1, 0.15) is 18.9 Å². The first kappa shape index (κ1) is 22.7. The Morgan fingerprint density at radius 2 is 1.45 bits per heavy atom. The molecule has 6 nitrogen and oxygen atoms in total. The molecule has 0 aromatic heterocycles. The third-order valence-electron chi connectivity index (χ3n) is 4.46. The summed E-state index contributed by atoms with van der Waals surface area (Å²) in [6.45, 7) is 9.97. The minimum Gasteiger partial charge on any atom is -0.492 e. The van der Waals surface area contributed by atoms with Crippen molar-refractivity contribution in [2.24, 2.45) is 0 Å². The molecule has 2 aromatic carbocycles. The number of anilines is 1. The van der Waals surface area contributed by atoms with E-state index in [4.69, 9.17) is 4.74 Å². The Balaban J connectivity index is 2.01. The molecule has 0 unspecified atom stereocenters. The molecule has 0 radical (unpaired) electrons. The van der Waals surface area contributed by atoms with Crippen LogP contribution >= 0.6 is 0 Å². The van der Waals surface area contributed by atoms with Crippen molar-refractivity contribution in [3.8, 4) is 5.75 Å². The van der Waals surface area contributed by atoms with E-state index in [1.807, 2.05) is 58.9 Å². The summed E-state index contributed by atoms with van der Waals surface area (Å²) < 4.78 is 31.6. The second-order valence-corrected chi connectivity index (χ2v) is 9.45. The molecule has 0 spiro atoms. The lowest BCUT2D eigenvalue weighted by Gasteiger charge is -2.26. The van der Waals surface area contributed by atoms with E-state index in [9.17, 15) is 13.2 Å².